The third-order valence-electron chi connectivity index (χ3n) is 5.94. The highest BCUT2D eigenvalue weighted by Crippen LogP contribution is 2.30. The predicted molar refractivity (Wildman–Crippen MR) is 122 cm³/mol. The summed E-state index contributed by atoms with van der Waals surface area (Å²) < 4.78 is 13.2. The SMILES string of the molecule is CC1CN(C#N)C(C)[C@@H]1NC(=O)c1ccc(-c2cnccc2Nc2ccc(F)cc2)cc1. The molecule has 32 heavy (non-hydrogen) atoms. The van der Waals surface area contributed by atoms with Gasteiger partial charge in [-0.1, -0.05) is 19.1 Å². The summed E-state index contributed by atoms with van der Waals surface area (Å²) in [6, 6.07) is 15.2. The van der Waals surface area contributed by atoms with Crippen LogP contribution in [-0.2, 0) is 0 Å². The number of nitrogens with zero attached hydrogens (tertiary/aromatic N) is 3. The van der Waals surface area contributed by atoms with Crippen molar-refractivity contribution in [3.8, 4) is 17.3 Å². The van der Waals surface area contributed by atoms with Gasteiger partial charge in [-0.25, -0.2) is 4.39 Å². The van der Waals surface area contributed by atoms with E-state index >= 15 is 0 Å². The molecule has 3 atom stereocenters. The van der Waals surface area contributed by atoms with Gasteiger partial charge in [0.25, 0.3) is 5.91 Å². The number of rotatable bonds is 5. The minimum atomic E-state index is -0.291. The van der Waals surface area contributed by atoms with E-state index in [2.05, 4.69) is 21.8 Å². The number of likely N-dealkylation sites (tertiary alicyclic amines) is 1. The topological polar surface area (TPSA) is 81.1 Å². The zero-order chi connectivity index (χ0) is 22.7. The van der Waals surface area contributed by atoms with Crippen molar-refractivity contribution in [2.45, 2.75) is 25.9 Å². The number of pyridine rings is 1. The van der Waals surface area contributed by atoms with Crippen molar-refractivity contribution < 1.29 is 9.18 Å². The summed E-state index contributed by atoms with van der Waals surface area (Å²) in [6.45, 7) is 4.64. The first-order valence-electron chi connectivity index (χ1n) is 10.5. The molecule has 2 aromatic carbocycles. The lowest BCUT2D eigenvalue weighted by Crippen LogP contribution is -2.44. The molecule has 0 bridgehead atoms. The van der Waals surface area contributed by atoms with E-state index in [-0.39, 0.29) is 29.7 Å². The van der Waals surface area contributed by atoms with Crippen LogP contribution in [0.15, 0.2) is 67.0 Å². The van der Waals surface area contributed by atoms with Gasteiger partial charge in [0.05, 0.1) is 12.1 Å². The highest BCUT2D eigenvalue weighted by atomic mass is 19.1. The quantitative estimate of drug-likeness (QED) is 0.582. The van der Waals surface area contributed by atoms with E-state index in [0.717, 1.165) is 22.5 Å². The van der Waals surface area contributed by atoms with Gasteiger partial charge in [0.2, 0.25) is 0 Å². The summed E-state index contributed by atoms with van der Waals surface area (Å²) in [6.07, 6.45) is 5.63. The number of benzene rings is 2. The Hall–Kier alpha value is -3.92. The molecule has 2 heterocycles. The molecule has 4 rings (SSSR count). The molecule has 1 saturated heterocycles. The Kier molecular flexibility index (Phi) is 6.04. The molecule has 2 N–H and O–H groups in total. The van der Waals surface area contributed by atoms with E-state index in [1.165, 1.54) is 12.1 Å². The molecular weight excluding hydrogens is 405 g/mol. The smallest absolute Gasteiger partial charge is 0.251 e. The molecule has 0 aliphatic carbocycles. The fraction of sp³-hybridized carbons (Fsp3) is 0.240. The number of carbonyl (C=O) groups is 1. The Morgan fingerprint density at radius 1 is 1.12 bits per heavy atom. The maximum atomic E-state index is 13.2. The molecule has 1 aliphatic rings. The van der Waals surface area contributed by atoms with Crippen LogP contribution >= 0.6 is 0 Å². The number of hydrogen-bond acceptors (Lipinski definition) is 5. The maximum Gasteiger partial charge on any atom is 0.251 e. The van der Waals surface area contributed by atoms with Crippen molar-refractivity contribution in [3.63, 3.8) is 0 Å². The van der Waals surface area contributed by atoms with E-state index in [1.54, 1.807) is 41.6 Å². The van der Waals surface area contributed by atoms with Crippen LogP contribution in [0.5, 0.6) is 0 Å². The van der Waals surface area contributed by atoms with Crippen LogP contribution in [0.3, 0.4) is 0 Å². The third-order valence-corrected chi connectivity index (χ3v) is 5.94. The minimum absolute atomic E-state index is 0.0336. The predicted octanol–water partition coefficient (Wildman–Crippen LogP) is 4.55. The molecule has 162 valence electrons. The number of aromatic nitrogens is 1. The van der Waals surface area contributed by atoms with E-state index in [0.29, 0.717) is 12.1 Å². The Bertz CT molecular complexity index is 1140. The average molecular weight is 429 g/mol. The zero-order valence-electron chi connectivity index (χ0n) is 17.9. The van der Waals surface area contributed by atoms with Crippen LogP contribution in [0.4, 0.5) is 15.8 Å². The molecule has 1 amide bonds. The van der Waals surface area contributed by atoms with Gasteiger partial charge >= 0.3 is 0 Å². The van der Waals surface area contributed by atoms with Crippen LogP contribution < -0.4 is 10.6 Å². The molecule has 6 nitrogen and oxygen atoms in total. The fourth-order valence-electron chi connectivity index (χ4n) is 4.11. The lowest BCUT2D eigenvalue weighted by molar-refractivity contribution is 0.0924. The maximum absolute atomic E-state index is 13.2. The van der Waals surface area contributed by atoms with E-state index in [9.17, 15) is 14.4 Å². The average Bonchev–Trinajstić information content (AvgIpc) is 3.08. The van der Waals surface area contributed by atoms with Crippen LogP contribution in [0, 0.1) is 23.2 Å². The standard InChI is InChI=1S/C25H24FN5O/c1-16-14-31(15-27)17(2)24(16)30-25(32)19-5-3-18(4-6-19)22-13-28-12-11-23(22)29-21-9-7-20(26)8-10-21/h3-13,16-17,24H,14H2,1-2H3,(H,28,29)(H,30,32)/t16?,17?,24-/m1/s1. The lowest BCUT2D eigenvalue weighted by atomic mass is 10.00. The lowest BCUT2D eigenvalue weighted by Gasteiger charge is -2.22. The second kappa shape index (κ2) is 9.06. The van der Waals surface area contributed by atoms with Crippen molar-refractivity contribution in [1.29, 1.82) is 5.26 Å². The summed E-state index contributed by atoms with van der Waals surface area (Å²) in [4.78, 5) is 18.7. The fourth-order valence-corrected chi connectivity index (χ4v) is 4.11. The summed E-state index contributed by atoms with van der Waals surface area (Å²) >= 11 is 0. The normalized spacial score (nSPS) is 19.9. The highest BCUT2D eigenvalue weighted by molar-refractivity contribution is 5.95. The number of nitrogens with one attached hydrogen (secondary N) is 2. The number of nitriles is 1. The first-order valence-corrected chi connectivity index (χ1v) is 10.5. The summed E-state index contributed by atoms with van der Waals surface area (Å²) in [5.74, 6) is -0.250. The van der Waals surface area contributed by atoms with Gasteiger partial charge in [0.15, 0.2) is 6.19 Å². The third kappa shape index (κ3) is 4.40. The summed E-state index contributed by atoms with van der Waals surface area (Å²) in [5.41, 5.74) is 3.92. The van der Waals surface area contributed by atoms with Crippen LogP contribution in [0.2, 0.25) is 0 Å². The highest BCUT2D eigenvalue weighted by Gasteiger charge is 2.37. The summed E-state index contributed by atoms with van der Waals surface area (Å²) in [5, 5.41) is 15.6. The molecule has 0 saturated carbocycles. The van der Waals surface area contributed by atoms with Crippen molar-refractivity contribution in [1.82, 2.24) is 15.2 Å². The van der Waals surface area contributed by atoms with Crippen LogP contribution in [-0.4, -0.2) is 34.4 Å². The second-order valence-corrected chi connectivity index (χ2v) is 8.10. The Morgan fingerprint density at radius 2 is 1.84 bits per heavy atom. The largest absolute Gasteiger partial charge is 0.355 e. The van der Waals surface area contributed by atoms with Crippen molar-refractivity contribution in [2.24, 2.45) is 5.92 Å². The van der Waals surface area contributed by atoms with Gasteiger partial charge in [0.1, 0.15) is 5.82 Å². The number of halogens is 1. The zero-order valence-corrected chi connectivity index (χ0v) is 17.9. The van der Waals surface area contributed by atoms with Gasteiger partial charge in [0, 0.05) is 41.4 Å². The van der Waals surface area contributed by atoms with Gasteiger partial charge < -0.3 is 15.5 Å². The van der Waals surface area contributed by atoms with Gasteiger partial charge in [-0.2, -0.15) is 5.26 Å². The van der Waals surface area contributed by atoms with Crippen molar-refractivity contribution in [3.05, 3.63) is 78.4 Å². The van der Waals surface area contributed by atoms with Gasteiger partial charge in [-0.3, -0.25) is 9.78 Å². The van der Waals surface area contributed by atoms with Crippen molar-refractivity contribution >= 4 is 17.3 Å². The number of carbonyl (C=O) groups excluding carboxylic acids is 1. The van der Waals surface area contributed by atoms with Gasteiger partial charge in [-0.05, 0) is 60.9 Å². The second-order valence-electron chi connectivity index (χ2n) is 8.10. The number of hydrogen-bond donors (Lipinski definition) is 2. The molecular formula is C25H24FN5O. The first-order chi connectivity index (χ1) is 15.5. The molecule has 7 heteroatoms. The van der Waals surface area contributed by atoms with Crippen LogP contribution in [0.1, 0.15) is 24.2 Å². The molecule has 3 aromatic rings. The number of anilines is 2. The molecule has 1 aromatic heterocycles. The molecule has 0 radical (unpaired) electrons. The Labute approximate surface area is 186 Å². The monoisotopic (exact) mass is 429 g/mol. The first kappa shape index (κ1) is 21.3. The van der Waals surface area contributed by atoms with E-state index in [4.69, 9.17) is 0 Å². The van der Waals surface area contributed by atoms with Crippen LogP contribution in [0.25, 0.3) is 11.1 Å². The van der Waals surface area contributed by atoms with E-state index in [1.807, 2.05) is 32.0 Å². The van der Waals surface area contributed by atoms with Gasteiger partial charge in [-0.15, -0.1) is 0 Å². The van der Waals surface area contributed by atoms with Crippen molar-refractivity contribution in [2.75, 3.05) is 11.9 Å². The minimum Gasteiger partial charge on any atom is -0.355 e. The Morgan fingerprint density at radius 3 is 2.50 bits per heavy atom. The molecule has 1 fully saturated rings. The number of amides is 1. The molecule has 1 aliphatic heterocycles. The molecule has 2 unspecified atom stereocenters. The van der Waals surface area contributed by atoms with E-state index < -0.39 is 0 Å². The molecule has 0 spiro atoms. The Balaban J connectivity index is 1.50. The summed E-state index contributed by atoms with van der Waals surface area (Å²) in [7, 11) is 0.